The van der Waals surface area contributed by atoms with Gasteiger partial charge in [-0.1, -0.05) is 19.1 Å². The smallest absolute Gasteiger partial charge is 0.356 e. The summed E-state index contributed by atoms with van der Waals surface area (Å²) in [6.45, 7) is 2.39. The Morgan fingerprint density at radius 3 is 2.42 bits per heavy atom. The minimum atomic E-state index is -4.29. The molecule has 0 atom stereocenters. The third-order valence-corrected chi connectivity index (χ3v) is 3.22. The van der Waals surface area contributed by atoms with Crippen molar-refractivity contribution in [1.82, 2.24) is 9.36 Å². The molecule has 3 nitrogen and oxygen atoms in total. The Balaban J connectivity index is 1.96. The summed E-state index contributed by atoms with van der Waals surface area (Å²) in [6, 6.07) is 5.07. The van der Waals surface area contributed by atoms with Gasteiger partial charge in [0.15, 0.2) is 0 Å². The highest BCUT2D eigenvalue weighted by molar-refractivity contribution is 7.09. The van der Waals surface area contributed by atoms with E-state index in [-0.39, 0.29) is 0 Å². The molecule has 0 fully saturated rings. The largest absolute Gasteiger partial charge is 0.416 e. The Hall–Kier alpha value is -1.63. The van der Waals surface area contributed by atoms with Gasteiger partial charge >= 0.3 is 6.18 Å². The highest BCUT2D eigenvalue weighted by Crippen LogP contribution is 2.29. The van der Waals surface area contributed by atoms with Gasteiger partial charge in [-0.25, -0.2) is 4.98 Å². The first-order valence-corrected chi connectivity index (χ1v) is 6.49. The summed E-state index contributed by atoms with van der Waals surface area (Å²) in [7, 11) is 0. The summed E-state index contributed by atoms with van der Waals surface area (Å²) in [5.41, 5.74) is 0.127. The highest BCUT2D eigenvalue weighted by Gasteiger charge is 2.29. The van der Waals surface area contributed by atoms with E-state index in [2.05, 4.69) is 14.7 Å². The number of nitrogens with one attached hydrogen (secondary N) is 1. The van der Waals surface area contributed by atoms with E-state index < -0.39 is 11.7 Å². The number of anilines is 1. The molecule has 1 aromatic carbocycles. The van der Waals surface area contributed by atoms with Gasteiger partial charge in [0, 0.05) is 24.5 Å². The van der Waals surface area contributed by atoms with Gasteiger partial charge in [-0.3, -0.25) is 0 Å². The van der Waals surface area contributed by atoms with Crippen molar-refractivity contribution in [1.29, 1.82) is 0 Å². The monoisotopic (exact) mass is 287 g/mol. The molecule has 102 valence electrons. The van der Waals surface area contributed by atoms with Gasteiger partial charge in [-0.15, -0.1) is 0 Å². The number of hydrogen-bond donors (Lipinski definition) is 1. The molecule has 0 spiro atoms. The van der Waals surface area contributed by atoms with Gasteiger partial charge in [0.25, 0.3) is 0 Å². The van der Waals surface area contributed by atoms with Crippen molar-refractivity contribution in [2.45, 2.75) is 26.1 Å². The van der Waals surface area contributed by atoms with Crippen LogP contribution in [0, 0.1) is 0 Å². The van der Waals surface area contributed by atoms with E-state index in [4.69, 9.17) is 0 Å². The van der Waals surface area contributed by atoms with Crippen molar-refractivity contribution in [3.8, 4) is 0 Å². The van der Waals surface area contributed by atoms with Crippen molar-refractivity contribution in [2.24, 2.45) is 0 Å². The van der Waals surface area contributed by atoms with E-state index in [1.54, 1.807) is 0 Å². The molecule has 0 bridgehead atoms. The third kappa shape index (κ3) is 3.66. The normalized spacial score (nSPS) is 11.6. The van der Waals surface area contributed by atoms with Gasteiger partial charge in [0.2, 0.25) is 5.13 Å². The molecule has 1 N–H and O–H groups in total. The second-order valence-electron chi connectivity index (χ2n) is 3.92. The zero-order chi connectivity index (χ0) is 13.9. The number of nitrogens with zero attached hydrogens (tertiary/aromatic N) is 2. The Labute approximate surface area is 112 Å². The molecule has 0 unspecified atom stereocenters. The number of halogens is 3. The molecule has 0 aliphatic heterocycles. The fourth-order valence-corrected chi connectivity index (χ4v) is 2.10. The van der Waals surface area contributed by atoms with Crippen LogP contribution in [0.2, 0.25) is 0 Å². The van der Waals surface area contributed by atoms with Crippen LogP contribution in [0.15, 0.2) is 24.3 Å². The quantitative estimate of drug-likeness (QED) is 0.931. The fourth-order valence-electron chi connectivity index (χ4n) is 1.46. The van der Waals surface area contributed by atoms with Gasteiger partial charge in [-0.05, 0) is 17.7 Å². The SMILES string of the molecule is CCc1nsc(NCc2ccc(C(F)(F)F)cc2)n1. The zero-order valence-electron chi connectivity index (χ0n) is 10.2. The molecule has 7 heteroatoms. The van der Waals surface area contributed by atoms with E-state index in [0.717, 1.165) is 29.9 Å². The topological polar surface area (TPSA) is 37.8 Å². The average Bonchev–Trinajstić information content (AvgIpc) is 2.84. The lowest BCUT2D eigenvalue weighted by Crippen LogP contribution is -2.05. The lowest BCUT2D eigenvalue weighted by molar-refractivity contribution is -0.137. The molecule has 2 aromatic rings. The van der Waals surface area contributed by atoms with E-state index in [0.29, 0.717) is 11.7 Å². The number of rotatable bonds is 4. The molecule has 0 radical (unpaired) electrons. The standard InChI is InChI=1S/C12H12F3N3S/c1-2-10-17-11(19-18-10)16-7-8-3-5-9(6-4-8)12(13,14)15/h3-6H,2,7H2,1H3,(H,16,17,18). The maximum atomic E-state index is 12.4. The van der Waals surface area contributed by atoms with Crippen LogP contribution < -0.4 is 5.32 Å². The molecular formula is C12H12F3N3S. The summed E-state index contributed by atoms with van der Waals surface area (Å²) < 4.78 is 41.3. The molecule has 19 heavy (non-hydrogen) atoms. The lowest BCUT2D eigenvalue weighted by atomic mass is 10.1. The summed E-state index contributed by atoms with van der Waals surface area (Å²) in [6.07, 6.45) is -3.53. The maximum absolute atomic E-state index is 12.4. The van der Waals surface area contributed by atoms with Crippen LogP contribution in [0.1, 0.15) is 23.9 Å². The molecule has 0 aliphatic carbocycles. The van der Waals surface area contributed by atoms with E-state index in [1.165, 1.54) is 23.7 Å². The van der Waals surface area contributed by atoms with Crippen LogP contribution in [0.4, 0.5) is 18.3 Å². The first kappa shape index (κ1) is 13.8. The molecule has 0 aliphatic rings. The number of aromatic nitrogens is 2. The van der Waals surface area contributed by atoms with Crippen molar-refractivity contribution in [2.75, 3.05) is 5.32 Å². The fraction of sp³-hybridized carbons (Fsp3) is 0.333. The lowest BCUT2D eigenvalue weighted by Gasteiger charge is -2.07. The van der Waals surface area contributed by atoms with Crippen molar-refractivity contribution in [3.63, 3.8) is 0 Å². The molecule has 0 saturated heterocycles. The first-order chi connectivity index (χ1) is 8.99. The van der Waals surface area contributed by atoms with Crippen LogP contribution in [0.5, 0.6) is 0 Å². The Kier molecular flexibility index (Phi) is 4.04. The molecule has 0 saturated carbocycles. The molecule has 1 aromatic heterocycles. The van der Waals surface area contributed by atoms with Gasteiger partial charge in [-0.2, -0.15) is 17.5 Å². The minimum absolute atomic E-state index is 0.427. The third-order valence-electron chi connectivity index (χ3n) is 2.51. The molecular weight excluding hydrogens is 275 g/mol. The van der Waals surface area contributed by atoms with Crippen LogP contribution >= 0.6 is 11.5 Å². The minimum Gasteiger partial charge on any atom is -0.356 e. The van der Waals surface area contributed by atoms with E-state index in [1.807, 2.05) is 6.92 Å². The van der Waals surface area contributed by atoms with Crippen molar-refractivity contribution >= 4 is 16.7 Å². The number of alkyl halides is 3. The second kappa shape index (κ2) is 5.56. The summed E-state index contributed by atoms with van der Waals surface area (Å²) in [4.78, 5) is 4.22. The Bertz CT molecular complexity index is 534. The summed E-state index contributed by atoms with van der Waals surface area (Å²) in [5.74, 6) is 0.764. The van der Waals surface area contributed by atoms with Crippen LogP contribution in [-0.2, 0) is 19.1 Å². The average molecular weight is 287 g/mol. The van der Waals surface area contributed by atoms with Gasteiger partial charge < -0.3 is 5.32 Å². The van der Waals surface area contributed by atoms with Gasteiger partial charge in [0.1, 0.15) is 5.82 Å². The predicted octanol–water partition coefficient (Wildman–Crippen LogP) is 3.73. The Morgan fingerprint density at radius 1 is 1.21 bits per heavy atom. The van der Waals surface area contributed by atoms with E-state index >= 15 is 0 Å². The van der Waals surface area contributed by atoms with Crippen LogP contribution in [-0.4, -0.2) is 9.36 Å². The van der Waals surface area contributed by atoms with Crippen molar-refractivity contribution < 1.29 is 13.2 Å². The molecule has 1 heterocycles. The van der Waals surface area contributed by atoms with Gasteiger partial charge in [0.05, 0.1) is 5.56 Å². The van der Waals surface area contributed by atoms with Crippen LogP contribution in [0.25, 0.3) is 0 Å². The molecule has 2 rings (SSSR count). The number of aryl methyl sites for hydroxylation is 1. The predicted molar refractivity (Wildman–Crippen MR) is 68.1 cm³/mol. The summed E-state index contributed by atoms with van der Waals surface area (Å²) in [5, 5.41) is 3.72. The van der Waals surface area contributed by atoms with Crippen LogP contribution in [0.3, 0.4) is 0 Å². The van der Waals surface area contributed by atoms with E-state index in [9.17, 15) is 13.2 Å². The summed E-state index contributed by atoms with van der Waals surface area (Å²) >= 11 is 1.25. The second-order valence-corrected chi connectivity index (χ2v) is 4.67. The number of hydrogen-bond acceptors (Lipinski definition) is 4. The Morgan fingerprint density at radius 2 is 1.89 bits per heavy atom. The highest BCUT2D eigenvalue weighted by atomic mass is 32.1. The maximum Gasteiger partial charge on any atom is 0.416 e. The zero-order valence-corrected chi connectivity index (χ0v) is 11.0. The first-order valence-electron chi connectivity index (χ1n) is 5.71. The van der Waals surface area contributed by atoms with Crippen molar-refractivity contribution in [3.05, 3.63) is 41.2 Å². The number of benzene rings is 1. The molecule has 0 amide bonds.